The predicted octanol–water partition coefficient (Wildman–Crippen LogP) is 1.86. The normalized spacial score (nSPS) is 14.6. The summed E-state index contributed by atoms with van der Waals surface area (Å²) in [7, 11) is 0.782. The van der Waals surface area contributed by atoms with Gasteiger partial charge in [-0.3, -0.25) is 9.59 Å². The molecule has 0 aliphatic rings. The lowest BCUT2D eigenvalue weighted by Gasteiger charge is -2.26. The van der Waals surface area contributed by atoms with Gasteiger partial charge in [-0.25, -0.2) is 0 Å². The van der Waals surface area contributed by atoms with E-state index in [1.165, 1.54) is 0 Å². The molecule has 0 aromatic carbocycles. The summed E-state index contributed by atoms with van der Waals surface area (Å²) in [5.41, 5.74) is 4.55. The zero-order valence-corrected chi connectivity index (χ0v) is 13.3. The van der Waals surface area contributed by atoms with E-state index < -0.39 is 5.41 Å². The van der Waals surface area contributed by atoms with E-state index >= 15 is 0 Å². The molecule has 0 radical (unpaired) electrons. The van der Waals surface area contributed by atoms with E-state index in [2.05, 4.69) is 6.66 Å². The third kappa shape index (κ3) is 7.22. The number of amides is 1. The smallest absolute Gasteiger partial charge is 0.312 e. The van der Waals surface area contributed by atoms with Crippen LogP contribution in [0.4, 0.5) is 0 Å². The van der Waals surface area contributed by atoms with E-state index in [0.717, 1.165) is 20.5 Å². The maximum Gasteiger partial charge on any atom is 0.312 e. The van der Waals surface area contributed by atoms with Crippen molar-refractivity contribution in [2.24, 2.45) is 11.1 Å². The molecule has 0 aliphatic heterocycles. The monoisotopic (exact) mass is 293 g/mol. The zero-order chi connectivity index (χ0) is 14.0. The second kappa shape index (κ2) is 9.62. The number of hydrogen-bond acceptors (Lipinski definition) is 4. The Bertz CT molecular complexity index is 276. The number of rotatable bonds is 10. The summed E-state index contributed by atoms with van der Waals surface area (Å²) in [5, 5.41) is 0. The van der Waals surface area contributed by atoms with Crippen LogP contribution in [0.5, 0.6) is 0 Å². The van der Waals surface area contributed by atoms with Crippen molar-refractivity contribution in [3.8, 4) is 0 Å². The first-order chi connectivity index (χ1) is 8.46. The van der Waals surface area contributed by atoms with E-state index in [1.807, 2.05) is 13.8 Å². The maximum atomic E-state index is 12.1. The zero-order valence-electron chi connectivity index (χ0n) is 11.5. The second-order valence-corrected chi connectivity index (χ2v) is 6.88. The molecule has 0 bridgehead atoms. The van der Waals surface area contributed by atoms with Gasteiger partial charge in [0.1, 0.15) is 0 Å². The molecule has 0 fully saturated rings. The van der Waals surface area contributed by atoms with Crippen LogP contribution >= 0.6 is 20.3 Å². The number of thioether (sulfide) groups is 1. The molecular formula is C12H24NO3PS. The van der Waals surface area contributed by atoms with Crippen molar-refractivity contribution in [1.82, 2.24) is 0 Å². The van der Waals surface area contributed by atoms with Crippen molar-refractivity contribution in [2.75, 3.05) is 30.9 Å². The van der Waals surface area contributed by atoms with Crippen LogP contribution in [0.25, 0.3) is 0 Å². The summed E-state index contributed by atoms with van der Waals surface area (Å²) >= 11 is 1.68. The molecular weight excluding hydrogens is 269 g/mol. The van der Waals surface area contributed by atoms with Gasteiger partial charge in [-0.1, -0.05) is 6.92 Å². The minimum atomic E-state index is -0.605. The van der Waals surface area contributed by atoms with Crippen molar-refractivity contribution in [3.05, 3.63) is 0 Å². The largest absolute Gasteiger partial charge is 0.465 e. The number of hydrogen-bond donors (Lipinski definition) is 1. The van der Waals surface area contributed by atoms with Gasteiger partial charge in [-0.2, -0.15) is 11.8 Å². The molecule has 0 aromatic heterocycles. The van der Waals surface area contributed by atoms with Crippen LogP contribution in [0.15, 0.2) is 0 Å². The average Bonchev–Trinajstić information content (AvgIpc) is 2.34. The third-order valence-electron chi connectivity index (χ3n) is 2.63. The van der Waals surface area contributed by atoms with Crippen LogP contribution in [0, 0.1) is 5.41 Å². The molecule has 2 atom stereocenters. The SMILES string of the molecule is CCSCC(C)(CCC(N)=O)C(=O)OCCPC. The van der Waals surface area contributed by atoms with Crippen molar-refractivity contribution in [2.45, 2.75) is 26.7 Å². The van der Waals surface area contributed by atoms with Gasteiger partial charge in [-0.15, -0.1) is 8.58 Å². The molecule has 1 amide bonds. The predicted molar refractivity (Wildman–Crippen MR) is 79.6 cm³/mol. The van der Waals surface area contributed by atoms with Gasteiger partial charge in [0.25, 0.3) is 0 Å². The van der Waals surface area contributed by atoms with E-state index in [0.29, 0.717) is 18.8 Å². The Kier molecular flexibility index (Phi) is 9.47. The van der Waals surface area contributed by atoms with Crippen LogP contribution in [-0.4, -0.2) is 42.8 Å². The number of carbonyl (C=O) groups excluding carboxylic acids is 2. The Balaban J connectivity index is 4.41. The van der Waals surface area contributed by atoms with Gasteiger partial charge in [-0.05, 0) is 31.9 Å². The standard InChI is InChI=1S/C12H24NO3PS/c1-4-18-9-12(2,6-5-10(13)14)11(15)16-7-8-17-3/h17H,4-9H2,1-3H3,(H2,13,14). The molecule has 106 valence electrons. The van der Waals surface area contributed by atoms with Crippen LogP contribution in [-0.2, 0) is 14.3 Å². The quantitative estimate of drug-likeness (QED) is 0.379. The van der Waals surface area contributed by atoms with Crippen molar-refractivity contribution < 1.29 is 14.3 Å². The molecule has 0 aromatic rings. The molecule has 0 heterocycles. The van der Waals surface area contributed by atoms with E-state index in [1.54, 1.807) is 11.8 Å². The Labute approximate surface area is 116 Å². The summed E-state index contributed by atoms with van der Waals surface area (Å²) in [5.74, 6) is 1.04. The summed E-state index contributed by atoms with van der Waals surface area (Å²) in [6.07, 6.45) is 1.59. The number of ether oxygens (including phenoxy) is 1. The topological polar surface area (TPSA) is 69.4 Å². The van der Waals surface area contributed by atoms with Crippen LogP contribution in [0.2, 0.25) is 0 Å². The van der Waals surface area contributed by atoms with Crippen LogP contribution in [0.1, 0.15) is 26.7 Å². The molecule has 2 unspecified atom stereocenters. The lowest BCUT2D eigenvalue weighted by atomic mass is 9.87. The van der Waals surface area contributed by atoms with Gasteiger partial charge in [0, 0.05) is 12.2 Å². The fourth-order valence-corrected chi connectivity index (χ4v) is 2.60. The Morgan fingerprint density at radius 1 is 1.44 bits per heavy atom. The number of nitrogens with two attached hydrogens (primary N) is 1. The summed E-state index contributed by atoms with van der Waals surface area (Å²) in [4.78, 5) is 22.9. The van der Waals surface area contributed by atoms with Gasteiger partial charge in [0.15, 0.2) is 0 Å². The molecule has 0 aliphatic carbocycles. The summed E-state index contributed by atoms with van der Waals surface area (Å²) < 4.78 is 5.28. The van der Waals surface area contributed by atoms with Gasteiger partial charge in [0.2, 0.25) is 5.91 Å². The van der Waals surface area contributed by atoms with E-state index in [4.69, 9.17) is 10.5 Å². The molecule has 18 heavy (non-hydrogen) atoms. The van der Waals surface area contributed by atoms with E-state index in [-0.39, 0.29) is 18.3 Å². The molecule has 0 saturated heterocycles. The highest BCUT2D eigenvalue weighted by Gasteiger charge is 2.34. The minimum Gasteiger partial charge on any atom is -0.465 e. The van der Waals surface area contributed by atoms with Gasteiger partial charge in [0.05, 0.1) is 12.0 Å². The molecule has 0 saturated carbocycles. The highest BCUT2D eigenvalue weighted by molar-refractivity contribution is 7.99. The molecule has 0 rings (SSSR count). The molecule has 0 spiro atoms. The number of primary amides is 1. The van der Waals surface area contributed by atoms with Crippen molar-refractivity contribution in [1.29, 1.82) is 0 Å². The van der Waals surface area contributed by atoms with Gasteiger partial charge >= 0.3 is 5.97 Å². The number of carbonyl (C=O) groups is 2. The first-order valence-corrected chi connectivity index (χ1v) is 9.00. The Morgan fingerprint density at radius 3 is 2.61 bits per heavy atom. The first kappa shape index (κ1) is 17.7. The molecule has 4 nitrogen and oxygen atoms in total. The summed E-state index contributed by atoms with van der Waals surface area (Å²) in [6, 6.07) is 0. The Hall–Kier alpha value is -0.280. The third-order valence-corrected chi connectivity index (χ3v) is 4.58. The highest BCUT2D eigenvalue weighted by atomic mass is 32.2. The highest BCUT2D eigenvalue weighted by Crippen LogP contribution is 2.30. The van der Waals surface area contributed by atoms with Crippen LogP contribution < -0.4 is 5.73 Å². The lowest BCUT2D eigenvalue weighted by Crippen LogP contribution is -2.34. The fraction of sp³-hybridized carbons (Fsp3) is 0.833. The van der Waals surface area contributed by atoms with Gasteiger partial charge < -0.3 is 10.5 Å². The maximum absolute atomic E-state index is 12.1. The Morgan fingerprint density at radius 2 is 2.11 bits per heavy atom. The number of esters is 1. The van der Waals surface area contributed by atoms with Crippen LogP contribution in [0.3, 0.4) is 0 Å². The lowest BCUT2D eigenvalue weighted by molar-refractivity contribution is -0.153. The first-order valence-electron chi connectivity index (χ1n) is 6.14. The second-order valence-electron chi connectivity index (χ2n) is 4.40. The van der Waals surface area contributed by atoms with E-state index in [9.17, 15) is 9.59 Å². The average molecular weight is 293 g/mol. The van der Waals surface area contributed by atoms with Crippen molar-refractivity contribution >= 4 is 32.2 Å². The fourth-order valence-electron chi connectivity index (χ4n) is 1.38. The van der Waals surface area contributed by atoms with Crippen molar-refractivity contribution in [3.63, 3.8) is 0 Å². The summed E-state index contributed by atoms with van der Waals surface area (Å²) in [6.45, 7) is 6.45. The molecule has 6 heteroatoms. The molecule has 2 N–H and O–H groups in total. The minimum absolute atomic E-state index is 0.206.